The van der Waals surface area contributed by atoms with Gasteiger partial charge in [0.05, 0.1) is 17.2 Å². The number of benzene rings is 3. The van der Waals surface area contributed by atoms with E-state index in [2.05, 4.69) is 10.5 Å². The summed E-state index contributed by atoms with van der Waals surface area (Å²) >= 11 is 0. The van der Waals surface area contributed by atoms with E-state index in [9.17, 15) is 14.9 Å². The topological polar surface area (TPSA) is 93.8 Å². The van der Waals surface area contributed by atoms with E-state index in [0.29, 0.717) is 5.75 Å². The zero-order valence-electron chi connectivity index (χ0n) is 15.5. The van der Waals surface area contributed by atoms with Crippen molar-refractivity contribution in [2.75, 3.05) is 0 Å². The van der Waals surface area contributed by atoms with Gasteiger partial charge in [0.1, 0.15) is 5.75 Å². The molecule has 1 amide bonds. The lowest BCUT2D eigenvalue weighted by atomic mass is 10.0. The fraction of sp³-hybridized carbons (Fsp3) is 0.143. The maximum absolute atomic E-state index is 12.3. The van der Waals surface area contributed by atoms with Crippen LogP contribution in [0, 0.1) is 10.1 Å². The van der Waals surface area contributed by atoms with Crippen molar-refractivity contribution in [3.05, 3.63) is 81.9 Å². The highest BCUT2D eigenvalue weighted by Crippen LogP contribution is 2.27. The average molecular weight is 377 g/mol. The van der Waals surface area contributed by atoms with Crippen molar-refractivity contribution in [1.29, 1.82) is 0 Å². The monoisotopic (exact) mass is 377 g/mol. The van der Waals surface area contributed by atoms with E-state index in [1.165, 1.54) is 30.5 Å². The first kappa shape index (κ1) is 19.0. The molecule has 0 fully saturated rings. The van der Waals surface area contributed by atoms with Crippen LogP contribution in [0.3, 0.4) is 0 Å². The lowest BCUT2D eigenvalue weighted by Gasteiger charge is -2.14. The average Bonchev–Trinajstić information content (AvgIpc) is 2.69. The minimum absolute atomic E-state index is 0.0206. The van der Waals surface area contributed by atoms with Crippen LogP contribution < -0.4 is 10.2 Å². The Hall–Kier alpha value is -3.74. The third kappa shape index (κ3) is 4.32. The molecule has 0 aliphatic heterocycles. The fourth-order valence-corrected chi connectivity index (χ4v) is 2.75. The van der Waals surface area contributed by atoms with Crippen molar-refractivity contribution in [3.8, 4) is 5.75 Å². The summed E-state index contributed by atoms with van der Waals surface area (Å²) in [5.74, 6) is 0.119. The van der Waals surface area contributed by atoms with Crippen molar-refractivity contribution in [3.63, 3.8) is 0 Å². The summed E-state index contributed by atoms with van der Waals surface area (Å²) in [5, 5.41) is 16.8. The number of nitrogens with zero attached hydrogens (tertiary/aromatic N) is 2. The first-order valence-corrected chi connectivity index (χ1v) is 8.72. The van der Waals surface area contributed by atoms with Gasteiger partial charge in [0.25, 0.3) is 11.6 Å². The molecule has 0 saturated carbocycles. The highest BCUT2D eigenvalue weighted by molar-refractivity contribution is 6.03. The maximum Gasteiger partial charge on any atom is 0.271 e. The Morgan fingerprint density at radius 1 is 1.14 bits per heavy atom. The highest BCUT2D eigenvalue weighted by Gasteiger charge is 2.12. The van der Waals surface area contributed by atoms with E-state index in [-0.39, 0.29) is 17.4 Å². The molecular formula is C21H19N3O4. The summed E-state index contributed by atoms with van der Waals surface area (Å²) in [7, 11) is 0. The molecule has 0 atom stereocenters. The second-order valence-electron chi connectivity index (χ2n) is 6.37. The SMILES string of the molecule is CC(C)Oc1ccc2ccccc2c1/C=N/NC(=O)c1cccc([N+](=O)[O-])c1. The van der Waals surface area contributed by atoms with Crippen LogP contribution in [0.4, 0.5) is 5.69 Å². The molecular weight excluding hydrogens is 358 g/mol. The molecule has 0 aliphatic rings. The van der Waals surface area contributed by atoms with E-state index in [1.807, 2.05) is 50.2 Å². The summed E-state index contributed by atoms with van der Waals surface area (Å²) in [6.45, 7) is 3.86. The Balaban J connectivity index is 1.87. The molecule has 0 bridgehead atoms. The molecule has 0 heterocycles. The Morgan fingerprint density at radius 3 is 2.68 bits per heavy atom. The van der Waals surface area contributed by atoms with E-state index in [4.69, 9.17) is 4.74 Å². The number of ether oxygens (including phenoxy) is 1. The van der Waals surface area contributed by atoms with Gasteiger partial charge in [0.2, 0.25) is 0 Å². The number of amides is 1. The number of nitrogens with one attached hydrogen (secondary N) is 1. The van der Waals surface area contributed by atoms with Gasteiger partial charge in [-0.15, -0.1) is 0 Å². The molecule has 0 saturated heterocycles. The number of non-ortho nitro benzene ring substituents is 1. The molecule has 0 unspecified atom stereocenters. The van der Waals surface area contributed by atoms with Gasteiger partial charge in [-0.3, -0.25) is 14.9 Å². The highest BCUT2D eigenvalue weighted by atomic mass is 16.6. The number of carbonyl (C=O) groups excluding carboxylic acids is 1. The largest absolute Gasteiger partial charge is 0.490 e. The van der Waals surface area contributed by atoms with Gasteiger partial charge in [-0.25, -0.2) is 5.43 Å². The van der Waals surface area contributed by atoms with Crippen LogP contribution in [0.2, 0.25) is 0 Å². The smallest absolute Gasteiger partial charge is 0.271 e. The van der Waals surface area contributed by atoms with E-state index in [1.54, 1.807) is 0 Å². The fourth-order valence-electron chi connectivity index (χ4n) is 2.75. The Kier molecular flexibility index (Phi) is 5.64. The second kappa shape index (κ2) is 8.30. The molecule has 142 valence electrons. The maximum atomic E-state index is 12.3. The van der Waals surface area contributed by atoms with Crippen molar-refractivity contribution in [2.24, 2.45) is 5.10 Å². The van der Waals surface area contributed by atoms with Gasteiger partial charge in [0, 0.05) is 23.3 Å². The predicted octanol–water partition coefficient (Wildman–Crippen LogP) is 4.30. The van der Waals surface area contributed by atoms with Crippen LogP contribution in [0.15, 0.2) is 65.8 Å². The third-order valence-electron chi connectivity index (χ3n) is 3.97. The summed E-state index contributed by atoms with van der Waals surface area (Å²) in [6, 6.07) is 17.1. The van der Waals surface area contributed by atoms with Gasteiger partial charge in [-0.2, -0.15) is 5.10 Å². The molecule has 0 spiro atoms. The minimum atomic E-state index is -0.550. The lowest BCUT2D eigenvalue weighted by molar-refractivity contribution is -0.384. The number of hydrazone groups is 1. The molecule has 0 aliphatic carbocycles. The van der Waals surface area contributed by atoms with Gasteiger partial charge in [-0.1, -0.05) is 36.4 Å². The zero-order chi connectivity index (χ0) is 20.1. The quantitative estimate of drug-likeness (QED) is 0.394. The zero-order valence-corrected chi connectivity index (χ0v) is 15.5. The van der Waals surface area contributed by atoms with Gasteiger partial charge in [-0.05, 0) is 36.8 Å². The first-order chi connectivity index (χ1) is 13.5. The first-order valence-electron chi connectivity index (χ1n) is 8.72. The molecule has 3 rings (SSSR count). The lowest BCUT2D eigenvalue weighted by Crippen LogP contribution is -2.18. The van der Waals surface area contributed by atoms with Crippen LogP contribution in [0.25, 0.3) is 10.8 Å². The van der Waals surface area contributed by atoms with Crippen molar-refractivity contribution in [2.45, 2.75) is 20.0 Å². The Morgan fingerprint density at radius 2 is 1.93 bits per heavy atom. The third-order valence-corrected chi connectivity index (χ3v) is 3.97. The molecule has 0 radical (unpaired) electrons. The van der Waals surface area contributed by atoms with Crippen molar-refractivity contribution < 1.29 is 14.5 Å². The standard InChI is InChI=1S/C21H19N3O4/c1-14(2)28-20-11-10-15-6-3-4-9-18(15)19(20)13-22-23-21(25)16-7-5-8-17(12-16)24(26)27/h3-14H,1-2H3,(H,23,25)/b22-13+. The summed E-state index contributed by atoms with van der Waals surface area (Å²) < 4.78 is 5.86. The number of hydrogen-bond acceptors (Lipinski definition) is 5. The molecule has 3 aromatic carbocycles. The number of rotatable bonds is 6. The molecule has 7 heteroatoms. The summed E-state index contributed by atoms with van der Waals surface area (Å²) in [6.07, 6.45) is 1.50. The number of hydrogen-bond donors (Lipinski definition) is 1. The van der Waals surface area contributed by atoms with Crippen LogP contribution in [-0.2, 0) is 0 Å². The van der Waals surface area contributed by atoms with Crippen LogP contribution in [0.1, 0.15) is 29.8 Å². The number of nitro benzene ring substituents is 1. The van der Waals surface area contributed by atoms with Crippen molar-refractivity contribution >= 4 is 28.6 Å². The Bertz CT molecular complexity index is 1060. The Labute approximate surface area is 161 Å². The predicted molar refractivity (Wildman–Crippen MR) is 108 cm³/mol. The number of nitro groups is 1. The van der Waals surface area contributed by atoms with E-state index >= 15 is 0 Å². The van der Waals surface area contributed by atoms with Crippen LogP contribution >= 0.6 is 0 Å². The second-order valence-corrected chi connectivity index (χ2v) is 6.37. The van der Waals surface area contributed by atoms with Crippen LogP contribution in [0.5, 0.6) is 5.75 Å². The molecule has 0 aromatic heterocycles. The molecule has 3 aromatic rings. The molecule has 28 heavy (non-hydrogen) atoms. The van der Waals surface area contributed by atoms with Crippen molar-refractivity contribution in [1.82, 2.24) is 5.43 Å². The van der Waals surface area contributed by atoms with E-state index < -0.39 is 10.8 Å². The minimum Gasteiger partial charge on any atom is -0.490 e. The van der Waals surface area contributed by atoms with Gasteiger partial charge >= 0.3 is 0 Å². The van der Waals surface area contributed by atoms with E-state index in [0.717, 1.165) is 16.3 Å². The number of fused-ring (bicyclic) bond motifs is 1. The number of carbonyl (C=O) groups is 1. The summed E-state index contributed by atoms with van der Waals surface area (Å²) in [5.41, 5.74) is 3.15. The van der Waals surface area contributed by atoms with Gasteiger partial charge < -0.3 is 4.74 Å². The normalized spacial score (nSPS) is 11.1. The van der Waals surface area contributed by atoms with Crippen LogP contribution in [-0.4, -0.2) is 23.1 Å². The molecule has 1 N–H and O–H groups in total. The summed E-state index contributed by atoms with van der Waals surface area (Å²) in [4.78, 5) is 22.6. The van der Waals surface area contributed by atoms with Gasteiger partial charge in [0.15, 0.2) is 0 Å². The molecule has 7 nitrogen and oxygen atoms in total.